The third kappa shape index (κ3) is 5.53. The van der Waals surface area contributed by atoms with Crippen molar-refractivity contribution in [2.75, 3.05) is 26.7 Å². The fraction of sp³-hybridized carbons (Fsp3) is 0.280. The highest BCUT2D eigenvalue weighted by Gasteiger charge is 2.17. The lowest BCUT2D eigenvalue weighted by Crippen LogP contribution is -2.36. The first-order valence-electron chi connectivity index (χ1n) is 11.0. The number of nitrogens with one attached hydrogen (secondary N) is 2. The van der Waals surface area contributed by atoms with E-state index in [4.69, 9.17) is 5.84 Å². The van der Waals surface area contributed by atoms with Gasteiger partial charge in [0, 0.05) is 17.6 Å². The topological polar surface area (TPSA) is 116 Å². The van der Waals surface area contributed by atoms with E-state index < -0.39 is 0 Å². The number of carbonyl (C=O) groups excluding carboxylic acids is 1. The van der Waals surface area contributed by atoms with Gasteiger partial charge in [-0.2, -0.15) is 5.10 Å². The Hall–Kier alpha value is -3.78. The SMILES string of the molecule is CN1CCC(CNC(=O)c2ccc(N=CC(=NN)c3cc4ccccc4[nH]c3=O)cc2)CC1. The van der Waals surface area contributed by atoms with Gasteiger partial charge in [-0.3, -0.25) is 14.6 Å². The minimum Gasteiger partial charge on any atom is -0.352 e. The van der Waals surface area contributed by atoms with Crippen LogP contribution in [0, 0.1) is 5.92 Å². The van der Waals surface area contributed by atoms with Gasteiger partial charge in [-0.05, 0) is 80.7 Å². The molecule has 4 N–H and O–H groups in total. The van der Waals surface area contributed by atoms with Gasteiger partial charge in [-0.1, -0.05) is 18.2 Å². The van der Waals surface area contributed by atoms with Crippen LogP contribution in [0.5, 0.6) is 0 Å². The second-order valence-electron chi connectivity index (χ2n) is 8.38. The van der Waals surface area contributed by atoms with E-state index in [0.717, 1.165) is 36.8 Å². The number of aliphatic imine (C=N–C) groups is 1. The van der Waals surface area contributed by atoms with Crippen LogP contribution >= 0.6 is 0 Å². The molecule has 0 atom stereocenters. The zero-order valence-electron chi connectivity index (χ0n) is 18.6. The van der Waals surface area contributed by atoms with Crippen molar-refractivity contribution in [2.45, 2.75) is 12.8 Å². The summed E-state index contributed by atoms with van der Waals surface area (Å²) in [6, 6.07) is 16.2. The number of rotatable bonds is 6. The Labute approximate surface area is 192 Å². The molecular weight excluding hydrogens is 416 g/mol. The number of hydrogen-bond donors (Lipinski definition) is 3. The van der Waals surface area contributed by atoms with Gasteiger partial charge in [-0.25, -0.2) is 0 Å². The zero-order chi connectivity index (χ0) is 23.2. The maximum absolute atomic E-state index is 12.5. The van der Waals surface area contributed by atoms with Crippen molar-refractivity contribution in [3.63, 3.8) is 0 Å². The molecular formula is C25H28N6O2. The first-order chi connectivity index (χ1) is 16.0. The minimum absolute atomic E-state index is 0.0867. The number of piperidine rings is 1. The van der Waals surface area contributed by atoms with Gasteiger partial charge in [-0.15, -0.1) is 0 Å². The number of para-hydroxylation sites is 1. The van der Waals surface area contributed by atoms with E-state index in [9.17, 15) is 9.59 Å². The smallest absolute Gasteiger partial charge is 0.258 e. The van der Waals surface area contributed by atoms with Crippen LogP contribution in [0.2, 0.25) is 0 Å². The number of nitrogens with zero attached hydrogens (tertiary/aromatic N) is 3. The highest BCUT2D eigenvalue weighted by molar-refractivity contribution is 6.38. The average Bonchev–Trinajstić information content (AvgIpc) is 2.84. The molecule has 1 aliphatic heterocycles. The molecule has 4 rings (SSSR count). The van der Waals surface area contributed by atoms with Crippen molar-refractivity contribution in [1.82, 2.24) is 15.2 Å². The molecule has 3 aromatic rings. The number of benzene rings is 2. The van der Waals surface area contributed by atoms with Gasteiger partial charge in [0.2, 0.25) is 0 Å². The highest BCUT2D eigenvalue weighted by atomic mass is 16.1. The quantitative estimate of drug-likeness (QED) is 0.308. The number of amides is 1. The largest absolute Gasteiger partial charge is 0.352 e. The van der Waals surface area contributed by atoms with E-state index in [-0.39, 0.29) is 17.2 Å². The first kappa shape index (κ1) is 22.4. The van der Waals surface area contributed by atoms with Crippen LogP contribution in [0.1, 0.15) is 28.8 Å². The van der Waals surface area contributed by atoms with Crippen LogP contribution in [-0.2, 0) is 0 Å². The average molecular weight is 445 g/mol. The Morgan fingerprint density at radius 3 is 2.64 bits per heavy atom. The minimum atomic E-state index is -0.291. The fourth-order valence-electron chi connectivity index (χ4n) is 3.95. The molecule has 0 spiro atoms. The summed E-state index contributed by atoms with van der Waals surface area (Å²) in [5.74, 6) is 5.98. The summed E-state index contributed by atoms with van der Waals surface area (Å²) in [7, 11) is 2.13. The predicted octanol–water partition coefficient (Wildman–Crippen LogP) is 2.67. The second-order valence-corrected chi connectivity index (χ2v) is 8.38. The third-order valence-corrected chi connectivity index (χ3v) is 6.02. The molecule has 2 heterocycles. The number of aromatic amines is 1. The molecule has 0 bridgehead atoms. The van der Waals surface area contributed by atoms with Crippen molar-refractivity contribution < 1.29 is 4.79 Å². The van der Waals surface area contributed by atoms with Gasteiger partial charge in [0.25, 0.3) is 11.5 Å². The van der Waals surface area contributed by atoms with Crippen LogP contribution in [0.4, 0.5) is 5.69 Å². The molecule has 1 fully saturated rings. The van der Waals surface area contributed by atoms with Crippen LogP contribution in [0.3, 0.4) is 0 Å². The van der Waals surface area contributed by atoms with Crippen LogP contribution in [-0.4, -0.2) is 54.4 Å². The number of carbonyl (C=O) groups is 1. The molecule has 170 valence electrons. The lowest BCUT2D eigenvalue weighted by Gasteiger charge is -2.28. The Balaban J connectivity index is 1.40. The second kappa shape index (κ2) is 10.2. The van der Waals surface area contributed by atoms with E-state index in [2.05, 4.69) is 32.3 Å². The molecule has 2 aromatic carbocycles. The Morgan fingerprint density at radius 1 is 1.18 bits per heavy atom. The summed E-state index contributed by atoms with van der Waals surface area (Å²) in [5, 5.41) is 7.65. The highest BCUT2D eigenvalue weighted by Crippen LogP contribution is 2.16. The number of pyridine rings is 1. The molecule has 0 aliphatic carbocycles. The molecule has 1 aromatic heterocycles. The number of aromatic nitrogens is 1. The Kier molecular flexibility index (Phi) is 6.95. The molecule has 0 radical (unpaired) electrons. The number of nitrogens with two attached hydrogens (primary N) is 1. The number of likely N-dealkylation sites (tertiary alicyclic amines) is 1. The van der Waals surface area contributed by atoms with E-state index in [1.807, 2.05) is 24.3 Å². The summed E-state index contributed by atoms with van der Waals surface area (Å²) in [4.78, 5) is 34.4. The number of hydrazone groups is 1. The summed E-state index contributed by atoms with van der Waals surface area (Å²) in [6.07, 6.45) is 3.67. The fourth-order valence-corrected chi connectivity index (χ4v) is 3.95. The van der Waals surface area contributed by atoms with Crippen LogP contribution < -0.4 is 16.7 Å². The Bertz CT molecular complexity index is 1240. The van der Waals surface area contributed by atoms with E-state index in [0.29, 0.717) is 29.3 Å². The summed E-state index contributed by atoms with van der Waals surface area (Å²) < 4.78 is 0. The van der Waals surface area contributed by atoms with Crippen molar-refractivity contribution in [2.24, 2.45) is 21.9 Å². The number of fused-ring (bicyclic) bond motifs is 1. The number of hydrogen-bond acceptors (Lipinski definition) is 6. The van der Waals surface area contributed by atoms with E-state index >= 15 is 0 Å². The number of H-pyrrole nitrogens is 1. The molecule has 0 saturated carbocycles. The predicted molar refractivity (Wildman–Crippen MR) is 132 cm³/mol. The maximum atomic E-state index is 12.5. The zero-order valence-corrected chi connectivity index (χ0v) is 18.6. The van der Waals surface area contributed by atoms with Gasteiger partial charge < -0.3 is 21.0 Å². The monoisotopic (exact) mass is 444 g/mol. The molecule has 8 heteroatoms. The third-order valence-electron chi connectivity index (χ3n) is 6.02. The lowest BCUT2D eigenvalue weighted by molar-refractivity contribution is 0.0939. The van der Waals surface area contributed by atoms with Crippen LogP contribution in [0.15, 0.2) is 69.5 Å². The van der Waals surface area contributed by atoms with Crippen molar-refractivity contribution in [3.05, 3.63) is 76.1 Å². The first-order valence-corrected chi connectivity index (χ1v) is 11.0. The summed E-state index contributed by atoms with van der Waals surface area (Å²) >= 11 is 0. The van der Waals surface area contributed by atoms with Gasteiger partial charge in [0.15, 0.2) is 0 Å². The lowest BCUT2D eigenvalue weighted by atomic mass is 9.97. The molecule has 1 aliphatic rings. The van der Waals surface area contributed by atoms with Gasteiger partial charge in [0.05, 0.1) is 17.5 Å². The van der Waals surface area contributed by atoms with Gasteiger partial charge in [0.1, 0.15) is 5.71 Å². The van der Waals surface area contributed by atoms with Crippen LogP contribution in [0.25, 0.3) is 10.9 Å². The maximum Gasteiger partial charge on any atom is 0.258 e. The molecule has 0 unspecified atom stereocenters. The molecule has 1 saturated heterocycles. The molecule has 1 amide bonds. The van der Waals surface area contributed by atoms with Crippen molar-refractivity contribution >= 4 is 34.4 Å². The van der Waals surface area contributed by atoms with E-state index in [1.54, 1.807) is 30.3 Å². The standard InChI is InChI=1S/C25H28N6O2/c1-31-12-10-17(11-13-31)15-28-24(32)18-6-8-20(9-7-18)27-16-23(30-26)21-14-19-4-2-3-5-22(19)29-25(21)33/h2-9,14,16-17H,10-13,15,26H2,1H3,(H,28,32)(H,29,33). The normalized spacial score (nSPS) is 15.8. The van der Waals surface area contributed by atoms with Crippen molar-refractivity contribution in [3.8, 4) is 0 Å². The van der Waals surface area contributed by atoms with Crippen molar-refractivity contribution in [1.29, 1.82) is 0 Å². The molecule has 33 heavy (non-hydrogen) atoms. The van der Waals surface area contributed by atoms with Gasteiger partial charge >= 0.3 is 0 Å². The summed E-state index contributed by atoms with van der Waals surface area (Å²) in [5.41, 5.74) is 2.26. The Morgan fingerprint density at radius 2 is 1.91 bits per heavy atom. The van der Waals surface area contributed by atoms with E-state index in [1.165, 1.54) is 6.21 Å². The molecule has 8 nitrogen and oxygen atoms in total. The summed E-state index contributed by atoms with van der Waals surface area (Å²) in [6.45, 7) is 2.85.